The molecular formula is C18H29NO2. The highest BCUT2D eigenvalue weighted by Crippen LogP contribution is 2.23. The van der Waals surface area contributed by atoms with Crippen LogP contribution in [0.25, 0.3) is 0 Å². The predicted octanol–water partition coefficient (Wildman–Crippen LogP) is 3.54. The van der Waals surface area contributed by atoms with Crippen molar-refractivity contribution in [2.24, 2.45) is 0 Å². The van der Waals surface area contributed by atoms with E-state index in [1.165, 1.54) is 29.7 Å². The molecule has 21 heavy (non-hydrogen) atoms. The summed E-state index contributed by atoms with van der Waals surface area (Å²) < 4.78 is 5.78. The largest absolute Gasteiger partial charge is 0.389 e. The lowest BCUT2D eigenvalue weighted by molar-refractivity contribution is -0.00118. The molecule has 0 spiro atoms. The molecule has 1 saturated carbocycles. The highest BCUT2D eigenvalue weighted by Gasteiger charge is 2.17. The monoisotopic (exact) mass is 291 g/mol. The molecule has 0 saturated heterocycles. The second-order valence-electron chi connectivity index (χ2n) is 5.93. The number of ether oxygens (including phenoxy) is 1. The molecule has 0 bridgehead atoms. The van der Waals surface area contributed by atoms with Crippen molar-refractivity contribution in [3.05, 3.63) is 29.3 Å². The van der Waals surface area contributed by atoms with Gasteiger partial charge in [0.25, 0.3) is 0 Å². The first-order valence-corrected chi connectivity index (χ1v) is 8.38. The van der Waals surface area contributed by atoms with Crippen LogP contribution in [0.2, 0.25) is 0 Å². The second kappa shape index (κ2) is 8.40. The lowest BCUT2D eigenvalue weighted by Crippen LogP contribution is -2.27. The van der Waals surface area contributed by atoms with Gasteiger partial charge < -0.3 is 15.2 Å². The predicted molar refractivity (Wildman–Crippen MR) is 87.9 cm³/mol. The zero-order valence-corrected chi connectivity index (χ0v) is 13.4. The maximum atomic E-state index is 10.1. The number of anilines is 1. The molecule has 118 valence electrons. The van der Waals surface area contributed by atoms with Crippen LogP contribution >= 0.6 is 0 Å². The molecule has 3 heteroatoms. The number of aryl methyl sites for hydroxylation is 2. The molecule has 1 aromatic carbocycles. The van der Waals surface area contributed by atoms with Gasteiger partial charge in [-0.25, -0.2) is 0 Å². The van der Waals surface area contributed by atoms with E-state index in [0.717, 1.165) is 25.7 Å². The first kappa shape index (κ1) is 16.3. The zero-order chi connectivity index (χ0) is 15.1. The van der Waals surface area contributed by atoms with Crippen molar-refractivity contribution in [3.63, 3.8) is 0 Å². The first-order chi connectivity index (χ1) is 10.2. The first-order valence-electron chi connectivity index (χ1n) is 8.38. The Morgan fingerprint density at radius 2 is 1.81 bits per heavy atom. The minimum absolute atomic E-state index is 0.369. The van der Waals surface area contributed by atoms with E-state index in [4.69, 9.17) is 4.74 Å². The summed E-state index contributed by atoms with van der Waals surface area (Å²) in [6, 6.07) is 6.42. The number of hydrogen-bond acceptors (Lipinski definition) is 3. The van der Waals surface area contributed by atoms with Crippen molar-refractivity contribution >= 4 is 5.69 Å². The molecule has 0 amide bonds. The third kappa shape index (κ3) is 4.72. The minimum Gasteiger partial charge on any atom is -0.389 e. The fraction of sp³-hybridized carbons (Fsp3) is 0.667. The van der Waals surface area contributed by atoms with Crippen LogP contribution in [-0.2, 0) is 17.6 Å². The van der Waals surface area contributed by atoms with Crippen LogP contribution in [0.15, 0.2) is 18.2 Å². The molecule has 1 fully saturated rings. The summed E-state index contributed by atoms with van der Waals surface area (Å²) in [6.07, 6.45) is 6.77. The van der Waals surface area contributed by atoms with Gasteiger partial charge in [0.2, 0.25) is 0 Å². The standard InChI is InChI=1S/C18H29NO2/c1-3-14-8-7-9-15(4-2)18(14)19-12-16(20)13-21-17-10-5-6-11-17/h7-9,16-17,19-20H,3-6,10-13H2,1-2H3. The van der Waals surface area contributed by atoms with Crippen LogP contribution in [0.5, 0.6) is 0 Å². The Kier molecular flexibility index (Phi) is 6.52. The second-order valence-corrected chi connectivity index (χ2v) is 5.93. The van der Waals surface area contributed by atoms with Crippen LogP contribution in [0.4, 0.5) is 5.69 Å². The summed E-state index contributed by atoms with van der Waals surface area (Å²) in [6.45, 7) is 5.32. The number of hydrogen-bond donors (Lipinski definition) is 2. The van der Waals surface area contributed by atoms with Gasteiger partial charge in [0.15, 0.2) is 0 Å². The average molecular weight is 291 g/mol. The Hall–Kier alpha value is -1.06. The number of nitrogens with one attached hydrogen (secondary N) is 1. The quantitative estimate of drug-likeness (QED) is 0.769. The van der Waals surface area contributed by atoms with Gasteiger partial charge in [0.1, 0.15) is 0 Å². The third-order valence-electron chi connectivity index (χ3n) is 4.34. The van der Waals surface area contributed by atoms with Gasteiger partial charge in [-0.05, 0) is 36.8 Å². The van der Waals surface area contributed by atoms with Crippen molar-refractivity contribution in [3.8, 4) is 0 Å². The van der Waals surface area contributed by atoms with Crippen LogP contribution in [-0.4, -0.2) is 30.5 Å². The molecule has 2 rings (SSSR count). The number of aliphatic hydroxyl groups excluding tert-OH is 1. The molecule has 0 radical (unpaired) electrons. The fourth-order valence-corrected chi connectivity index (χ4v) is 3.05. The van der Waals surface area contributed by atoms with E-state index >= 15 is 0 Å². The van der Waals surface area contributed by atoms with Crippen LogP contribution in [0, 0.1) is 0 Å². The summed E-state index contributed by atoms with van der Waals surface area (Å²) in [4.78, 5) is 0. The van der Waals surface area contributed by atoms with E-state index in [1.54, 1.807) is 0 Å². The smallest absolute Gasteiger partial charge is 0.0945 e. The molecular weight excluding hydrogens is 262 g/mol. The number of para-hydroxylation sites is 1. The van der Waals surface area contributed by atoms with Crippen molar-refractivity contribution in [2.45, 2.75) is 64.6 Å². The summed E-state index contributed by atoms with van der Waals surface area (Å²) in [5, 5.41) is 13.5. The van der Waals surface area contributed by atoms with E-state index in [-0.39, 0.29) is 0 Å². The van der Waals surface area contributed by atoms with Crippen molar-refractivity contribution in [2.75, 3.05) is 18.5 Å². The Bertz CT molecular complexity index is 405. The maximum Gasteiger partial charge on any atom is 0.0945 e. The van der Waals surface area contributed by atoms with Crippen molar-refractivity contribution in [1.29, 1.82) is 0 Å². The van der Waals surface area contributed by atoms with Crippen molar-refractivity contribution < 1.29 is 9.84 Å². The van der Waals surface area contributed by atoms with Gasteiger partial charge in [-0.1, -0.05) is 44.9 Å². The molecule has 1 aliphatic rings. The summed E-state index contributed by atoms with van der Waals surface area (Å²) in [5.74, 6) is 0. The van der Waals surface area contributed by atoms with Gasteiger partial charge in [-0.3, -0.25) is 0 Å². The maximum absolute atomic E-state index is 10.1. The third-order valence-corrected chi connectivity index (χ3v) is 4.34. The molecule has 0 aliphatic heterocycles. The highest BCUT2D eigenvalue weighted by atomic mass is 16.5. The summed E-state index contributed by atoms with van der Waals surface area (Å²) >= 11 is 0. The van der Waals surface area contributed by atoms with E-state index in [9.17, 15) is 5.11 Å². The molecule has 1 aliphatic carbocycles. The fourth-order valence-electron chi connectivity index (χ4n) is 3.05. The SMILES string of the molecule is CCc1cccc(CC)c1NCC(O)COC1CCCC1. The Balaban J connectivity index is 1.83. The lowest BCUT2D eigenvalue weighted by atomic mass is 10.0. The zero-order valence-electron chi connectivity index (χ0n) is 13.4. The van der Waals surface area contributed by atoms with Gasteiger partial charge in [0.05, 0.1) is 18.8 Å². The average Bonchev–Trinajstić information content (AvgIpc) is 3.03. The Morgan fingerprint density at radius 3 is 2.38 bits per heavy atom. The van der Waals surface area contributed by atoms with E-state index in [2.05, 4.69) is 37.4 Å². The van der Waals surface area contributed by atoms with Crippen molar-refractivity contribution in [1.82, 2.24) is 0 Å². The highest BCUT2D eigenvalue weighted by molar-refractivity contribution is 5.57. The molecule has 2 N–H and O–H groups in total. The summed E-state index contributed by atoms with van der Waals surface area (Å²) in [5.41, 5.74) is 3.83. The Morgan fingerprint density at radius 1 is 1.19 bits per heavy atom. The molecule has 1 unspecified atom stereocenters. The number of benzene rings is 1. The number of aliphatic hydroxyl groups is 1. The lowest BCUT2D eigenvalue weighted by Gasteiger charge is -2.19. The molecule has 3 nitrogen and oxygen atoms in total. The molecule has 0 heterocycles. The van der Waals surface area contributed by atoms with Crippen LogP contribution in [0.3, 0.4) is 0 Å². The van der Waals surface area contributed by atoms with Gasteiger partial charge in [-0.15, -0.1) is 0 Å². The van der Waals surface area contributed by atoms with Gasteiger partial charge in [-0.2, -0.15) is 0 Å². The number of rotatable bonds is 8. The molecule has 1 aromatic rings. The van der Waals surface area contributed by atoms with E-state index in [0.29, 0.717) is 19.3 Å². The van der Waals surface area contributed by atoms with Gasteiger partial charge >= 0.3 is 0 Å². The van der Waals surface area contributed by atoms with Crippen LogP contribution in [0.1, 0.15) is 50.7 Å². The van der Waals surface area contributed by atoms with Crippen LogP contribution < -0.4 is 5.32 Å². The molecule has 1 atom stereocenters. The molecule has 0 aromatic heterocycles. The Labute approximate surface area is 128 Å². The van der Waals surface area contributed by atoms with Gasteiger partial charge in [0, 0.05) is 12.2 Å². The summed E-state index contributed by atoms with van der Waals surface area (Å²) in [7, 11) is 0. The normalized spacial score (nSPS) is 17.1. The van der Waals surface area contributed by atoms with E-state index in [1.807, 2.05) is 0 Å². The topological polar surface area (TPSA) is 41.5 Å². The van der Waals surface area contributed by atoms with E-state index < -0.39 is 6.10 Å². The minimum atomic E-state index is -0.444.